The number of hydrogen-bond acceptors (Lipinski definition) is 6. The first kappa shape index (κ1) is 19.9. The van der Waals surface area contributed by atoms with Crippen LogP contribution in [0.25, 0.3) is 11.4 Å². The van der Waals surface area contributed by atoms with E-state index < -0.39 is 17.5 Å². The first-order valence-corrected chi connectivity index (χ1v) is 9.77. The third kappa shape index (κ3) is 4.45. The summed E-state index contributed by atoms with van der Waals surface area (Å²) in [6.45, 7) is 4.00. The maximum absolute atomic E-state index is 13.7. The maximum Gasteiger partial charge on any atom is 0.316 e. The Labute approximate surface area is 172 Å². The van der Waals surface area contributed by atoms with Crippen LogP contribution in [0.5, 0.6) is 0 Å². The number of hydrogen-bond donors (Lipinski definition) is 1. The van der Waals surface area contributed by atoms with Crippen molar-refractivity contribution in [2.75, 3.05) is 18.0 Å². The second kappa shape index (κ2) is 8.56. The molecule has 9 heteroatoms. The normalized spacial score (nSPS) is 14.7. The number of piperidine rings is 1. The molecule has 0 bridgehead atoms. The van der Waals surface area contributed by atoms with E-state index in [1.54, 1.807) is 12.3 Å². The zero-order chi connectivity index (χ0) is 21.1. The van der Waals surface area contributed by atoms with Crippen LogP contribution in [0.4, 0.5) is 14.6 Å². The van der Waals surface area contributed by atoms with Crippen LogP contribution in [0.2, 0.25) is 0 Å². The molecule has 3 aromatic rings. The van der Waals surface area contributed by atoms with Crippen LogP contribution in [0.1, 0.15) is 36.0 Å². The van der Waals surface area contributed by atoms with Gasteiger partial charge < -0.3 is 14.7 Å². The van der Waals surface area contributed by atoms with Gasteiger partial charge >= 0.3 is 11.8 Å². The number of aromatic nitrogens is 3. The second-order valence-corrected chi connectivity index (χ2v) is 7.41. The van der Waals surface area contributed by atoms with Crippen LogP contribution < -0.4 is 10.2 Å². The van der Waals surface area contributed by atoms with Gasteiger partial charge in [-0.15, -0.1) is 0 Å². The lowest BCUT2D eigenvalue weighted by Crippen LogP contribution is -2.33. The third-order valence-corrected chi connectivity index (χ3v) is 5.19. The molecular formula is C21H21F2N5O2. The van der Waals surface area contributed by atoms with Crippen LogP contribution in [0, 0.1) is 17.6 Å². The predicted molar refractivity (Wildman–Crippen MR) is 106 cm³/mol. The third-order valence-electron chi connectivity index (χ3n) is 5.19. The van der Waals surface area contributed by atoms with Gasteiger partial charge in [0.25, 0.3) is 0 Å². The average Bonchev–Trinajstić information content (AvgIpc) is 3.24. The quantitative estimate of drug-likeness (QED) is 0.688. The highest BCUT2D eigenvalue weighted by Gasteiger charge is 2.20. The Hall–Kier alpha value is -3.36. The molecule has 1 fully saturated rings. The van der Waals surface area contributed by atoms with Crippen molar-refractivity contribution >= 4 is 11.7 Å². The highest BCUT2D eigenvalue weighted by atomic mass is 19.1. The van der Waals surface area contributed by atoms with E-state index in [1.165, 1.54) is 6.07 Å². The van der Waals surface area contributed by atoms with Gasteiger partial charge in [0.15, 0.2) is 0 Å². The molecule has 0 spiro atoms. The van der Waals surface area contributed by atoms with E-state index >= 15 is 0 Å². The number of carbonyl (C=O) groups is 1. The summed E-state index contributed by atoms with van der Waals surface area (Å²) in [5.41, 5.74) is 0.838. The molecule has 3 heterocycles. The van der Waals surface area contributed by atoms with Crippen molar-refractivity contribution in [3.63, 3.8) is 0 Å². The lowest BCUT2D eigenvalue weighted by atomic mass is 9.99. The minimum absolute atomic E-state index is 0.130. The SMILES string of the molecule is CC1CCN(c2cc(-c3noc(C(=O)NCc4ccc(F)cc4F)n3)ccn2)CC1. The monoisotopic (exact) mass is 413 g/mol. The van der Waals surface area contributed by atoms with Gasteiger partial charge in [-0.25, -0.2) is 13.8 Å². The largest absolute Gasteiger partial charge is 0.357 e. The van der Waals surface area contributed by atoms with Crippen molar-refractivity contribution in [3.8, 4) is 11.4 Å². The molecule has 1 saturated heterocycles. The van der Waals surface area contributed by atoms with Crippen LogP contribution in [-0.2, 0) is 6.54 Å². The summed E-state index contributed by atoms with van der Waals surface area (Å²) in [4.78, 5) is 23.0. The van der Waals surface area contributed by atoms with E-state index in [9.17, 15) is 13.6 Å². The summed E-state index contributed by atoms with van der Waals surface area (Å²) in [6, 6.07) is 6.77. The molecule has 156 valence electrons. The van der Waals surface area contributed by atoms with E-state index in [4.69, 9.17) is 4.52 Å². The number of anilines is 1. The lowest BCUT2D eigenvalue weighted by Gasteiger charge is -2.31. The number of pyridine rings is 1. The molecule has 2 aromatic heterocycles. The van der Waals surface area contributed by atoms with Gasteiger partial charge in [-0.05, 0) is 37.0 Å². The highest BCUT2D eigenvalue weighted by molar-refractivity contribution is 5.89. The Balaban J connectivity index is 1.43. The van der Waals surface area contributed by atoms with Gasteiger partial charge in [0.1, 0.15) is 17.5 Å². The molecular weight excluding hydrogens is 392 g/mol. The number of amides is 1. The maximum atomic E-state index is 13.7. The van der Waals surface area contributed by atoms with Crippen molar-refractivity contribution in [2.45, 2.75) is 26.3 Å². The van der Waals surface area contributed by atoms with Gasteiger partial charge in [-0.2, -0.15) is 4.98 Å². The minimum Gasteiger partial charge on any atom is -0.357 e. The molecule has 0 atom stereocenters. The molecule has 4 rings (SSSR count). The van der Waals surface area contributed by atoms with Crippen LogP contribution in [-0.4, -0.2) is 34.1 Å². The molecule has 1 aromatic carbocycles. The van der Waals surface area contributed by atoms with Crippen LogP contribution in [0.15, 0.2) is 41.1 Å². The zero-order valence-corrected chi connectivity index (χ0v) is 16.4. The lowest BCUT2D eigenvalue weighted by molar-refractivity contribution is 0.0906. The Morgan fingerprint density at radius 3 is 2.80 bits per heavy atom. The molecule has 0 unspecified atom stereocenters. The molecule has 7 nitrogen and oxygen atoms in total. The van der Waals surface area contributed by atoms with E-state index in [-0.39, 0.29) is 23.8 Å². The molecule has 1 aliphatic heterocycles. The van der Waals surface area contributed by atoms with Gasteiger partial charge in [0.05, 0.1) is 0 Å². The molecule has 0 saturated carbocycles. The van der Waals surface area contributed by atoms with E-state index in [0.717, 1.165) is 43.9 Å². The van der Waals surface area contributed by atoms with Crippen molar-refractivity contribution in [1.82, 2.24) is 20.4 Å². The minimum atomic E-state index is -0.738. The Morgan fingerprint density at radius 2 is 2.03 bits per heavy atom. The molecule has 1 N–H and O–H groups in total. The van der Waals surface area contributed by atoms with Crippen LogP contribution in [0.3, 0.4) is 0 Å². The van der Waals surface area contributed by atoms with Crippen molar-refractivity contribution in [2.24, 2.45) is 5.92 Å². The molecule has 1 aliphatic rings. The van der Waals surface area contributed by atoms with E-state index in [2.05, 4.69) is 32.3 Å². The summed E-state index contributed by atoms with van der Waals surface area (Å²) in [5, 5.41) is 6.36. The Morgan fingerprint density at radius 1 is 1.23 bits per heavy atom. The standard InChI is InChI=1S/C21H21F2N5O2/c1-13-5-8-28(9-6-13)18-10-14(4-7-24-18)19-26-21(30-27-19)20(29)25-12-15-2-3-16(22)11-17(15)23/h2-4,7,10-11,13H,5-6,8-9,12H2,1H3,(H,25,29). The second-order valence-electron chi connectivity index (χ2n) is 7.41. The Bertz CT molecular complexity index is 1050. The number of halogens is 2. The van der Waals surface area contributed by atoms with Gasteiger partial charge in [0.2, 0.25) is 5.82 Å². The first-order chi connectivity index (χ1) is 14.5. The van der Waals surface area contributed by atoms with Gasteiger partial charge in [0, 0.05) is 43.0 Å². The topological polar surface area (TPSA) is 84.2 Å². The number of nitrogens with zero attached hydrogens (tertiary/aromatic N) is 4. The molecule has 1 amide bonds. The van der Waals surface area contributed by atoms with Gasteiger partial charge in [-0.1, -0.05) is 18.1 Å². The first-order valence-electron chi connectivity index (χ1n) is 9.77. The smallest absolute Gasteiger partial charge is 0.316 e. The predicted octanol–water partition coefficient (Wildman–Crippen LogP) is 3.58. The fourth-order valence-electron chi connectivity index (χ4n) is 3.32. The Kier molecular flexibility index (Phi) is 5.69. The number of rotatable bonds is 5. The van der Waals surface area contributed by atoms with Crippen molar-refractivity contribution in [3.05, 3.63) is 59.6 Å². The van der Waals surface area contributed by atoms with Crippen molar-refractivity contribution < 1.29 is 18.1 Å². The molecule has 30 heavy (non-hydrogen) atoms. The fraction of sp³-hybridized carbons (Fsp3) is 0.333. The molecule has 0 aliphatic carbocycles. The van der Waals surface area contributed by atoms with E-state index in [0.29, 0.717) is 11.5 Å². The molecule has 0 radical (unpaired) electrons. The van der Waals surface area contributed by atoms with Crippen LogP contribution >= 0.6 is 0 Å². The summed E-state index contributed by atoms with van der Waals surface area (Å²) >= 11 is 0. The zero-order valence-electron chi connectivity index (χ0n) is 16.4. The summed E-state index contributed by atoms with van der Waals surface area (Å²) in [7, 11) is 0. The number of benzene rings is 1. The number of nitrogens with one attached hydrogen (secondary N) is 1. The van der Waals surface area contributed by atoms with Crippen molar-refractivity contribution in [1.29, 1.82) is 0 Å². The average molecular weight is 413 g/mol. The summed E-state index contributed by atoms with van der Waals surface area (Å²) in [6.07, 6.45) is 3.91. The fourth-order valence-corrected chi connectivity index (χ4v) is 3.32. The summed E-state index contributed by atoms with van der Waals surface area (Å²) in [5.74, 6) is -0.484. The van der Waals surface area contributed by atoms with E-state index in [1.807, 2.05) is 6.07 Å². The number of carbonyl (C=O) groups excluding carboxylic acids is 1. The highest BCUT2D eigenvalue weighted by Crippen LogP contribution is 2.25. The van der Waals surface area contributed by atoms with Gasteiger partial charge in [-0.3, -0.25) is 4.79 Å². The summed E-state index contributed by atoms with van der Waals surface area (Å²) < 4.78 is 31.7.